The predicted octanol–water partition coefficient (Wildman–Crippen LogP) is 4.71. The van der Waals surface area contributed by atoms with Gasteiger partial charge in [-0.05, 0) is 48.2 Å². The molecule has 4 N–H and O–H groups in total. The Morgan fingerprint density at radius 1 is 0.980 bits per heavy atom. The van der Waals surface area contributed by atoms with E-state index in [1.165, 1.54) is 24.4 Å². The fourth-order valence-electron chi connectivity index (χ4n) is 5.14. The van der Waals surface area contributed by atoms with E-state index >= 15 is 4.39 Å². The second-order valence-electron chi connectivity index (χ2n) is 11.1. The zero-order chi connectivity index (χ0) is 36.4. The number of alkyl halides is 3. The van der Waals surface area contributed by atoms with E-state index in [0.717, 1.165) is 37.6 Å². The summed E-state index contributed by atoms with van der Waals surface area (Å²) in [7, 11) is 1.04. The fourth-order valence-corrected chi connectivity index (χ4v) is 5.14. The van der Waals surface area contributed by atoms with Gasteiger partial charge in [0.1, 0.15) is 30.8 Å². The summed E-state index contributed by atoms with van der Waals surface area (Å²) in [4.78, 5) is 41.6. The number of carbonyl (C=O) groups excluding carboxylic acids is 3. The highest BCUT2D eigenvalue weighted by molar-refractivity contribution is 5.98. The van der Waals surface area contributed by atoms with Crippen LogP contribution in [-0.2, 0) is 25.4 Å². The Hall–Kier alpha value is -4.97. The quantitative estimate of drug-likeness (QED) is 0.198. The van der Waals surface area contributed by atoms with Gasteiger partial charge in [-0.25, -0.2) is 27.2 Å². The number of hydrogen-bond acceptors (Lipinski definition) is 8. The first-order chi connectivity index (χ1) is 23.7. The molecule has 0 saturated carbocycles. The van der Waals surface area contributed by atoms with Gasteiger partial charge in [0.2, 0.25) is 5.91 Å². The highest BCUT2D eigenvalue weighted by Gasteiger charge is 2.34. The van der Waals surface area contributed by atoms with Crippen molar-refractivity contribution in [3.8, 4) is 0 Å². The number of hydrogen-bond donors (Lipinski definition) is 4. The molecule has 4 atom stereocenters. The second-order valence-corrected chi connectivity index (χ2v) is 11.1. The third kappa shape index (κ3) is 10.8. The van der Waals surface area contributed by atoms with Gasteiger partial charge in [-0.15, -0.1) is 0 Å². The van der Waals surface area contributed by atoms with Gasteiger partial charge >= 0.3 is 18.4 Å². The minimum atomic E-state index is -4.59. The third-order valence-corrected chi connectivity index (χ3v) is 7.60. The van der Waals surface area contributed by atoms with Gasteiger partial charge in [0.25, 0.3) is 0 Å². The molecule has 50 heavy (non-hydrogen) atoms. The highest BCUT2D eigenvalue weighted by atomic mass is 19.4. The molecule has 4 rings (SSSR count). The summed E-state index contributed by atoms with van der Waals surface area (Å²) in [6, 6.07) is 5.50. The maximum atomic E-state index is 15.1. The van der Waals surface area contributed by atoms with Gasteiger partial charge in [-0.1, -0.05) is 18.2 Å². The number of methoxy groups -OCH3 is 1. The lowest BCUT2D eigenvalue weighted by atomic mass is 9.84. The molecular weight excluding hydrogens is 683 g/mol. The molecule has 1 aliphatic heterocycles. The number of morpholine rings is 1. The van der Waals surface area contributed by atoms with E-state index in [1.807, 2.05) is 0 Å². The van der Waals surface area contributed by atoms with Crippen molar-refractivity contribution in [2.45, 2.75) is 43.1 Å². The first-order valence-corrected chi connectivity index (χ1v) is 15.0. The third-order valence-electron chi connectivity index (χ3n) is 7.60. The minimum Gasteiger partial charge on any atom is -0.453 e. The maximum absolute atomic E-state index is 15.1. The van der Waals surface area contributed by atoms with E-state index in [4.69, 9.17) is 9.47 Å². The van der Waals surface area contributed by atoms with E-state index in [-0.39, 0.29) is 55.0 Å². The summed E-state index contributed by atoms with van der Waals surface area (Å²) in [6.45, 7) is -1.57. The van der Waals surface area contributed by atoms with Crippen molar-refractivity contribution in [3.63, 3.8) is 0 Å². The summed E-state index contributed by atoms with van der Waals surface area (Å²) in [5, 5.41) is 9.54. The summed E-state index contributed by atoms with van der Waals surface area (Å²) in [5.41, 5.74) is 0.220. The van der Waals surface area contributed by atoms with E-state index in [1.54, 1.807) is 5.32 Å². The Bertz CT molecular complexity index is 1640. The number of ether oxygens (including phenoxy) is 3. The summed E-state index contributed by atoms with van der Waals surface area (Å²) in [5.74, 6) is -5.96. The molecular formula is C32H32F7N5O6. The van der Waals surface area contributed by atoms with Crippen LogP contribution in [0, 0.1) is 23.3 Å². The van der Waals surface area contributed by atoms with E-state index in [9.17, 15) is 40.7 Å². The van der Waals surface area contributed by atoms with Crippen LogP contribution < -0.4 is 21.3 Å². The van der Waals surface area contributed by atoms with Crippen LogP contribution in [0.2, 0.25) is 0 Å². The van der Waals surface area contributed by atoms with Gasteiger partial charge in [0.15, 0.2) is 11.6 Å². The molecule has 270 valence electrons. The Kier molecular flexibility index (Phi) is 12.9. The molecule has 0 unspecified atom stereocenters. The van der Waals surface area contributed by atoms with E-state index in [0.29, 0.717) is 0 Å². The fraction of sp³-hybridized carbons (Fsp3) is 0.375. The Morgan fingerprint density at radius 3 is 2.34 bits per heavy atom. The monoisotopic (exact) mass is 715 g/mol. The van der Waals surface area contributed by atoms with Crippen LogP contribution >= 0.6 is 0 Å². The topological polar surface area (TPSA) is 140 Å². The Labute approximate surface area is 280 Å². The second kappa shape index (κ2) is 17.1. The van der Waals surface area contributed by atoms with Crippen LogP contribution in [0.25, 0.3) is 0 Å². The zero-order valence-corrected chi connectivity index (χ0v) is 26.3. The molecule has 1 aliphatic rings. The normalized spacial score (nSPS) is 17.3. The molecule has 1 saturated heterocycles. The minimum absolute atomic E-state index is 0.0109. The molecule has 1 fully saturated rings. The van der Waals surface area contributed by atoms with Gasteiger partial charge < -0.3 is 35.5 Å². The van der Waals surface area contributed by atoms with Crippen LogP contribution in [0.5, 0.6) is 0 Å². The number of anilines is 1. The number of nitrogens with zero attached hydrogens (tertiary/aromatic N) is 1. The first kappa shape index (κ1) is 37.8. The molecule has 0 bridgehead atoms. The molecule has 0 aliphatic carbocycles. The zero-order valence-electron chi connectivity index (χ0n) is 26.3. The van der Waals surface area contributed by atoms with Crippen LogP contribution in [0.1, 0.15) is 29.0 Å². The molecule has 18 heteroatoms. The number of pyridine rings is 1. The molecule has 0 spiro atoms. The molecule has 11 nitrogen and oxygen atoms in total. The van der Waals surface area contributed by atoms with Crippen molar-refractivity contribution >= 4 is 23.8 Å². The number of nitrogens with one attached hydrogen (secondary N) is 4. The predicted molar refractivity (Wildman–Crippen MR) is 162 cm³/mol. The number of rotatable bonds is 12. The van der Waals surface area contributed by atoms with Crippen LogP contribution in [0.15, 0.2) is 54.9 Å². The van der Waals surface area contributed by atoms with Crippen molar-refractivity contribution in [1.29, 1.82) is 0 Å². The lowest BCUT2D eigenvalue weighted by Crippen LogP contribution is -2.49. The summed E-state index contributed by atoms with van der Waals surface area (Å²) >= 11 is 0. The molecule has 2 heterocycles. The largest absolute Gasteiger partial charge is 0.453 e. The van der Waals surface area contributed by atoms with E-state index < -0.39 is 78.2 Å². The number of amides is 3. The molecule has 3 amide bonds. The number of carbonyl (C=O) groups is 3. The highest BCUT2D eigenvalue weighted by Crippen LogP contribution is 2.31. The Balaban J connectivity index is 1.47. The standard InChI is InChI=1S/C32H32F7N5O6/c1-48-31(47)44-28(27(17-2-5-19(33)6-3-17)18-4-9-23(34)24(35)10-18)29(45)43-26-13-40-12-25(36)22(26)8-7-21-11-41-20(14-49-21)15-50-30(46)42-16-32(37,38)39/h2-6,9-10,12-13,20-21,27-28,41H,7-8,11,14-16H2,1H3,(H,42,46)(H,43,45)(H,44,47)/t20-,21+,27+,28-/m0/s1. The number of halogens is 7. The number of aromatic nitrogens is 1. The van der Waals surface area contributed by atoms with Crippen molar-refractivity contribution in [1.82, 2.24) is 20.9 Å². The van der Waals surface area contributed by atoms with Gasteiger partial charge in [-0.3, -0.25) is 9.78 Å². The summed E-state index contributed by atoms with van der Waals surface area (Å²) in [6.07, 6.45) is -5.05. The smallest absolute Gasteiger partial charge is 0.407 e. The van der Waals surface area contributed by atoms with Gasteiger partial charge in [0.05, 0.1) is 43.9 Å². The molecule has 0 radical (unpaired) electrons. The average molecular weight is 716 g/mol. The first-order valence-electron chi connectivity index (χ1n) is 15.0. The molecule has 1 aromatic heterocycles. The van der Waals surface area contributed by atoms with Gasteiger partial charge in [-0.2, -0.15) is 13.2 Å². The Morgan fingerprint density at radius 2 is 1.70 bits per heavy atom. The molecule has 3 aromatic rings. The maximum Gasteiger partial charge on any atom is 0.407 e. The lowest BCUT2D eigenvalue weighted by molar-refractivity contribution is -0.124. The van der Waals surface area contributed by atoms with E-state index in [2.05, 4.69) is 25.7 Å². The summed E-state index contributed by atoms with van der Waals surface area (Å²) < 4.78 is 109. The van der Waals surface area contributed by atoms with Crippen LogP contribution in [0.4, 0.5) is 46.0 Å². The van der Waals surface area contributed by atoms with Crippen LogP contribution in [0.3, 0.4) is 0 Å². The lowest BCUT2D eigenvalue weighted by Gasteiger charge is -2.30. The van der Waals surface area contributed by atoms with Crippen molar-refractivity contribution < 1.29 is 59.3 Å². The molecule has 2 aromatic carbocycles. The van der Waals surface area contributed by atoms with Crippen molar-refractivity contribution in [2.75, 3.05) is 38.7 Å². The van der Waals surface area contributed by atoms with Crippen LogP contribution in [-0.4, -0.2) is 80.9 Å². The van der Waals surface area contributed by atoms with Crippen molar-refractivity contribution in [3.05, 3.63) is 94.8 Å². The van der Waals surface area contributed by atoms with Crippen molar-refractivity contribution in [2.24, 2.45) is 0 Å². The SMILES string of the molecule is COC(=O)N[C@H](C(=O)Nc1cncc(F)c1CC[C@@H]1CN[C@H](COC(=O)NCC(F)(F)F)CO1)[C@H](c1ccc(F)cc1)c1ccc(F)c(F)c1. The number of alkyl carbamates (subject to hydrolysis) is 2. The van der Waals surface area contributed by atoms with Gasteiger partial charge in [0, 0.05) is 18.0 Å². The number of benzene rings is 2. The average Bonchev–Trinajstić information content (AvgIpc) is 3.08.